The first-order valence-corrected chi connectivity index (χ1v) is 7.74. The average molecular weight is 357 g/mol. The fourth-order valence-corrected chi connectivity index (χ4v) is 2.65. The van der Waals surface area contributed by atoms with E-state index in [0.717, 1.165) is 21.5 Å². The van der Waals surface area contributed by atoms with Gasteiger partial charge in [0.25, 0.3) is 0 Å². The molecule has 0 aromatic heterocycles. The van der Waals surface area contributed by atoms with Crippen molar-refractivity contribution in [3.63, 3.8) is 0 Å². The molecule has 2 rings (SSSR count). The summed E-state index contributed by atoms with van der Waals surface area (Å²) in [6.45, 7) is 7.88. The van der Waals surface area contributed by atoms with Crippen LogP contribution in [0.3, 0.4) is 0 Å². The van der Waals surface area contributed by atoms with E-state index in [0.29, 0.717) is 19.8 Å². The quantitative estimate of drug-likeness (QED) is 0.868. The van der Waals surface area contributed by atoms with E-state index in [-0.39, 0.29) is 18.0 Å². The predicted octanol–water partition coefficient (Wildman–Crippen LogP) is 2.22. The number of ether oxygens (including phenoxy) is 2. The van der Waals surface area contributed by atoms with Crippen LogP contribution in [0, 0.1) is 0 Å². The lowest BCUT2D eigenvalue weighted by Crippen LogP contribution is -2.44. The molecule has 0 atom stereocenters. The largest absolute Gasteiger partial charge is 0.486 e. The monoisotopic (exact) mass is 356 g/mol. The zero-order chi connectivity index (χ0) is 15.5. The molecule has 1 aromatic carbocycles. The van der Waals surface area contributed by atoms with E-state index in [2.05, 4.69) is 26.6 Å². The maximum Gasteiger partial charge on any atom is 0.234 e. The third-order valence-electron chi connectivity index (χ3n) is 2.79. The molecule has 0 saturated carbocycles. The van der Waals surface area contributed by atoms with Gasteiger partial charge >= 0.3 is 0 Å². The van der Waals surface area contributed by atoms with E-state index in [9.17, 15) is 4.79 Å². The van der Waals surface area contributed by atoms with E-state index in [1.165, 1.54) is 0 Å². The minimum Gasteiger partial charge on any atom is -0.486 e. The molecule has 0 saturated heterocycles. The van der Waals surface area contributed by atoms with Crippen molar-refractivity contribution in [2.75, 3.05) is 19.8 Å². The highest BCUT2D eigenvalue weighted by atomic mass is 79.9. The Morgan fingerprint density at radius 1 is 1.29 bits per heavy atom. The van der Waals surface area contributed by atoms with Crippen molar-refractivity contribution in [3.8, 4) is 11.5 Å². The topological polar surface area (TPSA) is 59.6 Å². The molecule has 0 aliphatic carbocycles. The van der Waals surface area contributed by atoms with Gasteiger partial charge in [0.1, 0.15) is 13.2 Å². The molecule has 1 heterocycles. The third kappa shape index (κ3) is 4.89. The molecule has 1 aliphatic heterocycles. The normalized spacial score (nSPS) is 13.9. The molecular weight excluding hydrogens is 336 g/mol. The van der Waals surface area contributed by atoms with E-state index in [1.807, 2.05) is 32.9 Å². The van der Waals surface area contributed by atoms with Crippen LogP contribution in [-0.2, 0) is 11.3 Å². The summed E-state index contributed by atoms with van der Waals surface area (Å²) >= 11 is 3.48. The number of carbonyl (C=O) groups is 1. The van der Waals surface area contributed by atoms with Crippen LogP contribution in [0.1, 0.15) is 26.3 Å². The number of halogens is 1. The second-order valence-electron chi connectivity index (χ2n) is 6.00. The van der Waals surface area contributed by atoms with Gasteiger partial charge in [-0.3, -0.25) is 4.79 Å². The zero-order valence-corrected chi connectivity index (χ0v) is 14.2. The molecule has 0 unspecified atom stereocenters. The van der Waals surface area contributed by atoms with E-state index in [4.69, 9.17) is 9.47 Å². The standard InChI is InChI=1S/C15H21BrN2O3/c1-15(2,3)18-13(19)9-17-8-10-6-11(16)14-12(7-10)20-4-5-21-14/h6-7,17H,4-5,8-9H2,1-3H3,(H,18,19). The van der Waals surface area contributed by atoms with E-state index >= 15 is 0 Å². The fraction of sp³-hybridized carbons (Fsp3) is 0.533. The van der Waals surface area contributed by atoms with Crippen molar-refractivity contribution in [2.45, 2.75) is 32.9 Å². The minimum atomic E-state index is -0.210. The van der Waals surface area contributed by atoms with Crippen molar-refractivity contribution < 1.29 is 14.3 Å². The van der Waals surface area contributed by atoms with Gasteiger partial charge in [0, 0.05) is 12.1 Å². The van der Waals surface area contributed by atoms with Crippen LogP contribution < -0.4 is 20.1 Å². The molecule has 21 heavy (non-hydrogen) atoms. The first kappa shape index (κ1) is 16.1. The molecule has 1 aliphatic rings. The number of hydrogen-bond acceptors (Lipinski definition) is 4. The molecule has 0 bridgehead atoms. The first-order chi connectivity index (χ1) is 9.85. The molecule has 1 amide bonds. The molecule has 0 spiro atoms. The first-order valence-electron chi connectivity index (χ1n) is 6.95. The lowest BCUT2D eigenvalue weighted by Gasteiger charge is -2.21. The highest BCUT2D eigenvalue weighted by molar-refractivity contribution is 9.10. The highest BCUT2D eigenvalue weighted by Gasteiger charge is 2.17. The number of nitrogens with one attached hydrogen (secondary N) is 2. The van der Waals surface area contributed by atoms with Crippen LogP contribution in [0.5, 0.6) is 11.5 Å². The Balaban J connectivity index is 1.89. The van der Waals surface area contributed by atoms with Crippen LogP contribution in [0.15, 0.2) is 16.6 Å². The van der Waals surface area contributed by atoms with E-state index in [1.54, 1.807) is 0 Å². The molecule has 5 nitrogen and oxygen atoms in total. The summed E-state index contributed by atoms with van der Waals surface area (Å²) in [5.41, 5.74) is 0.827. The second kappa shape index (κ2) is 6.66. The molecule has 116 valence electrons. The maximum absolute atomic E-state index is 11.7. The Hall–Kier alpha value is -1.27. The van der Waals surface area contributed by atoms with Crippen LogP contribution in [0.25, 0.3) is 0 Å². The van der Waals surface area contributed by atoms with Gasteiger partial charge in [0.2, 0.25) is 5.91 Å². The summed E-state index contributed by atoms with van der Waals surface area (Å²) in [6.07, 6.45) is 0. The van der Waals surface area contributed by atoms with Gasteiger partial charge in [0.05, 0.1) is 11.0 Å². The van der Waals surface area contributed by atoms with Gasteiger partial charge in [0.15, 0.2) is 11.5 Å². The molecule has 0 fully saturated rings. The molecule has 0 radical (unpaired) electrons. The summed E-state index contributed by atoms with van der Waals surface area (Å²) in [4.78, 5) is 11.7. The average Bonchev–Trinajstić information content (AvgIpc) is 2.36. The Kier molecular flexibility index (Phi) is 5.11. The maximum atomic E-state index is 11.7. The van der Waals surface area contributed by atoms with Crippen molar-refractivity contribution in [2.24, 2.45) is 0 Å². The summed E-state index contributed by atoms with van der Waals surface area (Å²) < 4.78 is 12.0. The third-order valence-corrected chi connectivity index (χ3v) is 3.37. The Labute approximate surface area is 133 Å². The zero-order valence-electron chi connectivity index (χ0n) is 12.6. The highest BCUT2D eigenvalue weighted by Crippen LogP contribution is 2.38. The van der Waals surface area contributed by atoms with Gasteiger partial charge in [-0.25, -0.2) is 0 Å². The van der Waals surface area contributed by atoms with Gasteiger partial charge in [-0.15, -0.1) is 0 Å². The molecular formula is C15H21BrN2O3. The second-order valence-corrected chi connectivity index (χ2v) is 6.86. The summed E-state index contributed by atoms with van der Waals surface area (Å²) in [5, 5.41) is 6.04. The van der Waals surface area contributed by atoms with Gasteiger partial charge in [-0.1, -0.05) is 0 Å². The lowest BCUT2D eigenvalue weighted by molar-refractivity contribution is -0.121. The number of amides is 1. The number of fused-ring (bicyclic) bond motifs is 1. The molecule has 1 aromatic rings. The van der Waals surface area contributed by atoms with Gasteiger partial charge < -0.3 is 20.1 Å². The summed E-state index contributed by atoms with van der Waals surface area (Å²) in [6, 6.07) is 3.91. The predicted molar refractivity (Wildman–Crippen MR) is 84.7 cm³/mol. The number of rotatable bonds is 4. The minimum absolute atomic E-state index is 0.0147. The summed E-state index contributed by atoms with van der Waals surface area (Å²) in [7, 11) is 0. The number of hydrogen-bond donors (Lipinski definition) is 2. The van der Waals surface area contributed by atoms with Gasteiger partial charge in [-0.05, 0) is 54.4 Å². The van der Waals surface area contributed by atoms with Crippen LogP contribution in [-0.4, -0.2) is 31.2 Å². The number of benzene rings is 1. The Morgan fingerprint density at radius 2 is 2.00 bits per heavy atom. The van der Waals surface area contributed by atoms with E-state index < -0.39 is 0 Å². The smallest absolute Gasteiger partial charge is 0.234 e. The lowest BCUT2D eigenvalue weighted by atomic mass is 10.1. The summed E-state index contributed by atoms with van der Waals surface area (Å²) in [5.74, 6) is 1.47. The van der Waals surface area contributed by atoms with Crippen LogP contribution >= 0.6 is 15.9 Å². The van der Waals surface area contributed by atoms with Crippen LogP contribution in [0.4, 0.5) is 0 Å². The van der Waals surface area contributed by atoms with Crippen molar-refractivity contribution in [1.82, 2.24) is 10.6 Å². The van der Waals surface area contributed by atoms with Gasteiger partial charge in [-0.2, -0.15) is 0 Å². The number of carbonyl (C=O) groups excluding carboxylic acids is 1. The molecule has 6 heteroatoms. The van der Waals surface area contributed by atoms with Crippen LogP contribution in [0.2, 0.25) is 0 Å². The fourth-order valence-electron chi connectivity index (χ4n) is 2.05. The molecule has 2 N–H and O–H groups in total. The van der Waals surface area contributed by atoms with Crippen molar-refractivity contribution in [1.29, 1.82) is 0 Å². The van der Waals surface area contributed by atoms with Crippen molar-refractivity contribution >= 4 is 21.8 Å². The van der Waals surface area contributed by atoms with Crippen molar-refractivity contribution in [3.05, 3.63) is 22.2 Å². The Morgan fingerprint density at radius 3 is 2.71 bits per heavy atom. The SMILES string of the molecule is CC(C)(C)NC(=O)CNCc1cc(Br)c2c(c1)OCCO2. The Bertz CT molecular complexity index is 526.